The van der Waals surface area contributed by atoms with E-state index in [4.69, 9.17) is 4.74 Å². The van der Waals surface area contributed by atoms with Crippen LogP contribution in [0.5, 0.6) is 5.75 Å². The number of carbonyl (C=O) groups excluding carboxylic acids is 1. The number of likely N-dealkylation sites (tertiary alicyclic amines) is 1. The summed E-state index contributed by atoms with van der Waals surface area (Å²) in [6, 6.07) is 18.2. The van der Waals surface area contributed by atoms with Gasteiger partial charge in [0.2, 0.25) is 0 Å². The highest BCUT2D eigenvalue weighted by atomic mass is 32.1. The Morgan fingerprint density at radius 1 is 1.16 bits per heavy atom. The quantitative estimate of drug-likeness (QED) is 0.374. The highest BCUT2D eigenvalue weighted by molar-refractivity contribution is 7.12. The number of nitro groups is 1. The van der Waals surface area contributed by atoms with Gasteiger partial charge in [0.15, 0.2) is 0 Å². The van der Waals surface area contributed by atoms with Gasteiger partial charge >= 0.3 is 0 Å². The predicted octanol–water partition coefficient (Wildman–Crippen LogP) is 4.98. The normalized spacial score (nSPS) is 14.8. The Morgan fingerprint density at radius 3 is 2.62 bits per heavy atom. The molecule has 8 heteroatoms. The molecule has 0 unspecified atom stereocenters. The Hall–Kier alpha value is -3.23. The molecule has 32 heavy (non-hydrogen) atoms. The molecule has 166 valence electrons. The van der Waals surface area contributed by atoms with E-state index in [1.807, 2.05) is 52.7 Å². The van der Waals surface area contributed by atoms with E-state index in [1.165, 1.54) is 17.4 Å². The molecule has 0 N–H and O–H groups in total. The Kier molecular flexibility index (Phi) is 6.82. The van der Waals surface area contributed by atoms with Crippen LogP contribution in [0.25, 0.3) is 0 Å². The van der Waals surface area contributed by atoms with Gasteiger partial charge < -0.3 is 9.64 Å². The number of amides is 1. The molecular weight excluding hydrogens is 426 g/mol. The van der Waals surface area contributed by atoms with Crippen LogP contribution in [0, 0.1) is 10.1 Å². The summed E-state index contributed by atoms with van der Waals surface area (Å²) in [7, 11) is 1.62. The van der Waals surface area contributed by atoms with Crippen molar-refractivity contribution in [2.75, 3.05) is 25.1 Å². The molecule has 2 aromatic carbocycles. The molecule has 1 fully saturated rings. The summed E-state index contributed by atoms with van der Waals surface area (Å²) in [5.74, 6) is 0.722. The molecule has 1 amide bonds. The first kappa shape index (κ1) is 22.0. The second-order valence-corrected chi connectivity index (χ2v) is 8.74. The van der Waals surface area contributed by atoms with Gasteiger partial charge in [0.1, 0.15) is 5.75 Å². The number of thiophene rings is 1. The van der Waals surface area contributed by atoms with Gasteiger partial charge in [0.05, 0.1) is 16.9 Å². The lowest BCUT2D eigenvalue weighted by Crippen LogP contribution is -2.47. The van der Waals surface area contributed by atoms with Crippen molar-refractivity contribution >= 4 is 28.6 Å². The van der Waals surface area contributed by atoms with Crippen LogP contribution < -0.4 is 9.64 Å². The summed E-state index contributed by atoms with van der Waals surface area (Å²) in [5.41, 5.74) is 1.87. The van der Waals surface area contributed by atoms with Gasteiger partial charge in [0.25, 0.3) is 11.6 Å². The second-order valence-electron chi connectivity index (χ2n) is 7.79. The number of non-ortho nitro benzene ring substituents is 1. The minimum atomic E-state index is -0.363. The number of ether oxygens (including phenoxy) is 1. The van der Waals surface area contributed by atoms with Crippen LogP contribution in [0.2, 0.25) is 0 Å². The van der Waals surface area contributed by atoms with Gasteiger partial charge in [-0.05, 0) is 42.0 Å². The van der Waals surface area contributed by atoms with Crippen molar-refractivity contribution in [3.05, 3.63) is 86.6 Å². The van der Waals surface area contributed by atoms with E-state index in [0.29, 0.717) is 11.4 Å². The van der Waals surface area contributed by atoms with Gasteiger partial charge in [0, 0.05) is 49.6 Å². The zero-order valence-corrected chi connectivity index (χ0v) is 18.7. The van der Waals surface area contributed by atoms with E-state index >= 15 is 0 Å². The maximum Gasteiger partial charge on any atom is 0.269 e. The number of benzene rings is 2. The maximum atomic E-state index is 13.4. The van der Waals surface area contributed by atoms with Crippen molar-refractivity contribution < 1.29 is 14.5 Å². The number of carbonyl (C=O) groups is 1. The van der Waals surface area contributed by atoms with Crippen LogP contribution in [-0.2, 0) is 6.54 Å². The molecule has 1 saturated heterocycles. The Labute approximate surface area is 191 Å². The van der Waals surface area contributed by atoms with Crippen LogP contribution in [0.3, 0.4) is 0 Å². The number of hydrogen-bond acceptors (Lipinski definition) is 6. The van der Waals surface area contributed by atoms with Crippen molar-refractivity contribution in [2.45, 2.75) is 25.4 Å². The molecule has 0 radical (unpaired) electrons. The molecule has 7 nitrogen and oxygen atoms in total. The van der Waals surface area contributed by atoms with E-state index in [0.717, 1.165) is 42.9 Å². The molecule has 1 aromatic heterocycles. The zero-order valence-electron chi connectivity index (χ0n) is 17.8. The third-order valence-corrected chi connectivity index (χ3v) is 6.59. The number of anilines is 1. The average molecular weight is 452 g/mol. The minimum absolute atomic E-state index is 0.00499. The van der Waals surface area contributed by atoms with Gasteiger partial charge in [-0.3, -0.25) is 19.8 Å². The first-order valence-corrected chi connectivity index (χ1v) is 11.4. The van der Waals surface area contributed by atoms with Gasteiger partial charge in [-0.25, -0.2) is 0 Å². The van der Waals surface area contributed by atoms with Gasteiger partial charge in [-0.1, -0.05) is 24.3 Å². The Balaban J connectivity index is 1.49. The number of rotatable bonds is 7. The standard InChI is InChI=1S/C24H25N3O4S/c1-31-22-8-3-6-20(16-22)26(24(28)23-9-4-14-32-23)19-10-12-25(13-11-19)17-18-5-2-7-21(15-18)27(29)30/h2-9,14-16,19H,10-13,17H2,1H3. The van der Waals surface area contributed by atoms with Gasteiger partial charge in [-0.2, -0.15) is 0 Å². The number of nitrogens with zero attached hydrogens (tertiary/aromatic N) is 3. The van der Waals surface area contributed by atoms with Crippen molar-refractivity contribution in [3.63, 3.8) is 0 Å². The molecule has 4 rings (SSSR count). The lowest BCUT2D eigenvalue weighted by atomic mass is 10.0. The summed E-state index contributed by atoms with van der Waals surface area (Å²) in [6.45, 7) is 2.28. The number of piperidine rings is 1. The highest BCUT2D eigenvalue weighted by Crippen LogP contribution is 2.30. The van der Waals surface area contributed by atoms with Crippen molar-refractivity contribution in [1.29, 1.82) is 0 Å². The van der Waals surface area contributed by atoms with Crippen LogP contribution in [0.1, 0.15) is 28.1 Å². The monoisotopic (exact) mass is 451 g/mol. The highest BCUT2D eigenvalue weighted by Gasteiger charge is 2.30. The van der Waals surface area contributed by atoms with Crippen LogP contribution in [-0.4, -0.2) is 42.0 Å². The lowest BCUT2D eigenvalue weighted by molar-refractivity contribution is -0.384. The van der Waals surface area contributed by atoms with Gasteiger partial charge in [-0.15, -0.1) is 11.3 Å². The summed E-state index contributed by atoms with van der Waals surface area (Å²) < 4.78 is 5.38. The predicted molar refractivity (Wildman–Crippen MR) is 126 cm³/mol. The van der Waals surface area contributed by atoms with E-state index in [1.54, 1.807) is 19.2 Å². The fraction of sp³-hybridized carbons (Fsp3) is 0.292. The van der Waals surface area contributed by atoms with E-state index in [2.05, 4.69) is 4.90 Å². The molecule has 0 saturated carbocycles. The largest absolute Gasteiger partial charge is 0.497 e. The molecule has 0 atom stereocenters. The summed E-state index contributed by atoms with van der Waals surface area (Å²) in [5, 5.41) is 13.0. The fourth-order valence-corrected chi connectivity index (χ4v) is 4.80. The maximum absolute atomic E-state index is 13.4. The average Bonchev–Trinajstić information content (AvgIpc) is 3.36. The molecule has 1 aliphatic rings. The SMILES string of the molecule is COc1cccc(N(C(=O)c2cccs2)C2CCN(Cc3cccc([N+](=O)[O-])c3)CC2)c1. The van der Waals surface area contributed by atoms with Crippen LogP contribution in [0.4, 0.5) is 11.4 Å². The van der Waals surface area contributed by atoms with E-state index in [9.17, 15) is 14.9 Å². The topological polar surface area (TPSA) is 75.9 Å². The lowest BCUT2D eigenvalue weighted by Gasteiger charge is -2.38. The molecule has 3 aromatic rings. The molecule has 0 aliphatic carbocycles. The molecule has 0 spiro atoms. The third kappa shape index (κ3) is 4.98. The molecular formula is C24H25N3O4S. The minimum Gasteiger partial charge on any atom is -0.497 e. The third-order valence-electron chi connectivity index (χ3n) is 5.73. The molecule has 2 heterocycles. The van der Waals surface area contributed by atoms with E-state index in [-0.39, 0.29) is 22.6 Å². The number of nitro benzene ring substituents is 1. The Morgan fingerprint density at radius 2 is 1.94 bits per heavy atom. The van der Waals surface area contributed by atoms with Crippen molar-refractivity contribution in [2.24, 2.45) is 0 Å². The second kappa shape index (κ2) is 9.93. The number of methoxy groups -OCH3 is 1. The zero-order chi connectivity index (χ0) is 22.5. The molecule has 1 aliphatic heterocycles. The Bertz CT molecular complexity index is 1080. The summed E-state index contributed by atoms with van der Waals surface area (Å²) in [6.07, 6.45) is 1.65. The summed E-state index contributed by atoms with van der Waals surface area (Å²) >= 11 is 1.45. The fourth-order valence-electron chi connectivity index (χ4n) is 4.14. The number of hydrogen-bond donors (Lipinski definition) is 0. The van der Waals surface area contributed by atoms with Crippen LogP contribution >= 0.6 is 11.3 Å². The van der Waals surface area contributed by atoms with E-state index < -0.39 is 0 Å². The van der Waals surface area contributed by atoms with Crippen molar-refractivity contribution in [3.8, 4) is 5.75 Å². The van der Waals surface area contributed by atoms with Crippen LogP contribution in [0.15, 0.2) is 66.0 Å². The van der Waals surface area contributed by atoms with Crippen molar-refractivity contribution in [1.82, 2.24) is 4.90 Å². The first-order valence-electron chi connectivity index (χ1n) is 10.5. The first-order chi connectivity index (χ1) is 15.5. The summed E-state index contributed by atoms with van der Waals surface area (Å²) in [4.78, 5) is 29.0. The smallest absolute Gasteiger partial charge is 0.269 e. The molecule has 0 bridgehead atoms.